The summed E-state index contributed by atoms with van der Waals surface area (Å²) in [4.78, 5) is 2.08. The van der Waals surface area contributed by atoms with Crippen molar-refractivity contribution in [2.45, 2.75) is 20.3 Å². The third kappa shape index (κ3) is 3.28. The van der Waals surface area contributed by atoms with Gasteiger partial charge in [0.25, 0.3) is 0 Å². The Balaban J connectivity index is 2.95. The molecule has 2 N–H and O–H groups in total. The monoisotopic (exact) mass is 233 g/mol. The molecule has 1 aromatic rings. The summed E-state index contributed by atoms with van der Waals surface area (Å²) in [5, 5.41) is 8.63. The topological polar surface area (TPSA) is 62.3 Å². The van der Waals surface area contributed by atoms with Crippen LogP contribution < -0.4 is 15.4 Å². The quantitative estimate of drug-likeness (QED) is 0.766. The summed E-state index contributed by atoms with van der Waals surface area (Å²) in [6.07, 6.45) is 0.492. The van der Waals surface area contributed by atoms with E-state index in [2.05, 4.69) is 11.0 Å². The summed E-state index contributed by atoms with van der Waals surface area (Å²) in [6, 6.07) is 7.89. The first-order valence-corrected chi connectivity index (χ1v) is 5.87. The van der Waals surface area contributed by atoms with Gasteiger partial charge in [-0.25, -0.2) is 0 Å². The van der Waals surface area contributed by atoms with Crippen LogP contribution in [0.25, 0.3) is 0 Å². The highest BCUT2D eigenvalue weighted by Gasteiger charge is 2.11. The Morgan fingerprint density at radius 3 is 2.76 bits per heavy atom. The maximum atomic E-state index is 8.63. The Morgan fingerprint density at radius 2 is 2.18 bits per heavy atom. The zero-order chi connectivity index (χ0) is 12.7. The van der Waals surface area contributed by atoms with Crippen LogP contribution >= 0.6 is 0 Å². The lowest BCUT2D eigenvalue weighted by molar-refractivity contribution is 0.342. The molecule has 0 aromatic heterocycles. The first-order valence-electron chi connectivity index (χ1n) is 5.87. The van der Waals surface area contributed by atoms with E-state index in [1.807, 2.05) is 32.0 Å². The molecule has 1 rings (SSSR count). The van der Waals surface area contributed by atoms with E-state index in [1.165, 1.54) is 0 Å². The molecule has 92 valence electrons. The molecular formula is C13H19N3O. The van der Waals surface area contributed by atoms with Crippen LogP contribution in [0.15, 0.2) is 18.2 Å². The van der Waals surface area contributed by atoms with E-state index in [-0.39, 0.29) is 0 Å². The second-order valence-corrected chi connectivity index (χ2v) is 3.61. The average Bonchev–Trinajstić information content (AvgIpc) is 2.34. The van der Waals surface area contributed by atoms with Gasteiger partial charge in [0, 0.05) is 13.1 Å². The van der Waals surface area contributed by atoms with Gasteiger partial charge < -0.3 is 15.4 Å². The van der Waals surface area contributed by atoms with Crippen LogP contribution in [0.5, 0.6) is 5.75 Å². The summed E-state index contributed by atoms with van der Waals surface area (Å²) >= 11 is 0. The number of hydrogen-bond donors (Lipinski definition) is 1. The molecule has 0 amide bonds. The lowest BCUT2D eigenvalue weighted by Gasteiger charge is -2.24. The van der Waals surface area contributed by atoms with E-state index in [9.17, 15) is 0 Å². The maximum absolute atomic E-state index is 8.63. The number of benzene rings is 1. The zero-order valence-electron chi connectivity index (χ0n) is 10.4. The Bertz CT molecular complexity index is 398. The van der Waals surface area contributed by atoms with Gasteiger partial charge >= 0.3 is 0 Å². The average molecular weight is 233 g/mol. The van der Waals surface area contributed by atoms with Crippen molar-refractivity contribution in [3.05, 3.63) is 18.2 Å². The number of nitrogen functional groups attached to an aromatic ring is 1. The van der Waals surface area contributed by atoms with Crippen LogP contribution in [0.1, 0.15) is 20.3 Å². The van der Waals surface area contributed by atoms with Gasteiger partial charge in [-0.05, 0) is 26.0 Å². The van der Waals surface area contributed by atoms with Gasteiger partial charge in [0.15, 0.2) is 0 Å². The number of hydrogen-bond acceptors (Lipinski definition) is 4. The number of ether oxygens (including phenoxy) is 1. The summed E-state index contributed by atoms with van der Waals surface area (Å²) < 4.78 is 5.46. The predicted octanol–water partition coefficient (Wildman–Crippen LogP) is 2.41. The van der Waals surface area contributed by atoms with Crippen molar-refractivity contribution in [3.63, 3.8) is 0 Å². The first kappa shape index (κ1) is 13.2. The number of nitrogens with zero attached hydrogens (tertiary/aromatic N) is 2. The summed E-state index contributed by atoms with van der Waals surface area (Å²) in [5.74, 6) is 0.709. The van der Waals surface area contributed by atoms with E-state index in [1.54, 1.807) is 0 Å². The Hall–Kier alpha value is -1.89. The normalized spacial score (nSPS) is 9.71. The maximum Gasteiger partial charge on any atom is 0.144 e. The smallest absolute Gasteiger partial charge is 0.144 e. The molecule has 1 aromatic carbocycles. The fourth-order valence-electron chi connectivity index (χ4n) is 1.72. The minimum absolute atomic E-state index is 0.492. The lowest BCUT2D eigenvalue weighted by Crippen LogP contribution is -2.24. The number of nitriles is 1. The van der Waals surface area contributed by atoms with Crippen molar-refractivity contribution in [2.75, 3.05) is 30.3 Å². The molecule has 0 spiro atoms. The molecule has 0 radical (unpaired) electrons. The highest BCUT2D eigenvalue weighted by Crippen LogP contribution is 2.32. The molecule has 0 saturated heterocycles. The Morgan fingerprint density at radius 1 is 1.41 bits per heavy atom. The van der Waals surface area contributed by atoms with Crippen LogP contribution in [-0.4, -0.2) is 19.7 Å². The molecule has 0 aliphatic heterocycles. The first-order chi connectivity index (χ1) is 8.24. The van der Waals surface area contributed by atoms with Crippen LogP contribution in [0, 0.1) is 11.3 Å². The van der Waals surface area contributed by atoms with Crippen LogP contribution in [-0.2, 0) is 0 Å². The van der Waals surface area contributed by atoms with Crippen LogP contribution in [0.3, 0.4) is 0 Å². The molecule has 0 aliphatic rings. The summed E-state index contributed by atoms with van der Waals surface area (Å²) in [7, 11) is 0. The van der Waals surface area contributed by atoms with Crippen molar-refractivity contribution in [2.24, 2.45) is 0 Å². The fourth-order valence-corrected chi connectivity index (χ4v) is 1.72. The molecule has 17 heavy (non-hydrogen) atoms. The SMILES string of the molecule is CCOc1cccc(N(CC)CCC#N)c1N. The standard InChI is InChI=1S/C13H19N3O/c1-3-16(10-6-9-14)11-7-5-8-12(13(11)15)17-4-2/h5,7-8H,3-4,6,10,15H2,1-2H3. The van der Waals surface area contributed by atoms with E-state index in [0.717, 1.165) is 12.2 Å². The number of para-hydroxylation sites is 1. The van der Waals surface area contributed by atoms with Gasteiger partial charge in [0.2, 0.25) is 0 Å². The Labute approximate surface area is 103 Å². The van der Waals surface area contributed by atoms with Gasteiger partial charge in [-0.1, -0.05) is 6.07 Å². The van der Waals surface area contributed by atoms with Crippen molar-refractivity contribution in [1.82, 2.24) is 0 Å². The second-order valence-electron chi connectivity index (χ2n) is 3.61. The second kappa shape index (κ2) is 6.64. The molecule has 0 atom stereocenters. The fraction of sp³-hybridized carbons (Fsp3) is 0.462. The van der Waals surface area contributed by atoms with Gasteiger partial charge in [-0.15, -0.1) is 0 Å². The third-order valence-electron chi connectivity index (χ3n) is 2.56. The van der Waals surface area contributed by atoms with Gasteiger partial charge in [-0.2, -0.15) is 5.26 Å². The zero-order valence-corrected chi connectivity index (χ0v) is 10.4. The number of rotatable bonds is 6. The van der Waals surface area contributed by atoms with Crippen molar-refractivity contribution >= 4 is 11.4 Å². The Kier molecular flexibility index (Phi) is 5.15. The largest absolute Gasteiger partial charge is 0.492 e. The van der Waals surface area contributed by atoms with Crippen LogP contribution in [0.4, 0.5) is 11.4 Å². The van der Waals surface area contributed by atoms with E-state index >= 15 is 0 Å². The van der Waals surface area contributed by atoms with Crippen molar-refractivity contribution in [1.29, 1.82) is 5.26 Å². The van der Waals surface area contributed by atoms with E-state index < -0.39 is 0 Å². The lowest BCUT2D eigenvalue weighted by atomic mass is 10.2. The highest BCUT2D eigenvalue weighted by atomic mass is 16.5. The molecule has 0 unspecified atom stereocenters. The van der Waals surface area contributed by atoms with E-state index in [4.69, 9.17) is 15.7 Å². The number of anilines is 2. The van der Waals surface area contributed by atoms with Gasteiger partial charge in [0.05, 0.1) is 30.5 Å². The van der Waals surface area contributed by atoms with Crippen LogP contribution in [0.2, 0.25) is 0 Å². The summed E-state index contributed by atoms with van der Waals surface area (Å²) in [6.45, 7) is 6.08. The molecule has 0 heterocycles. The third-order valence-corrected chi connectivity index (χ3v) is 2.56. The molecule has 4 nitrogen and oxygen atoms in total. The molecule has 0 fully saturated rings. The minimum atomic E-state index is 0.492. The van der Waals surface area contributed by atoms with Gasteiger partial charge in [-0.3, -0.25) is 0 Å². The molecule has 0 saturated carbocycles. The molecule has 0 aliphatic carbocycles. The highest BCUT2D eigenvalue weighted by molar-refractivity contribution is 5.74. The van der Waals surface area contributed by atoms with Gasteiger partial charge in [0.1, 0.15) is 5.75 Å². The molecule has 4 heteroatoms. The molecular weight excluding hydrogens is 214 g/mol. The van der Waals surface area contributed by atoms with Crippen molar-refractivity contribution in [3.8, 4) is 11.8 Å². The minimum Gasteiger partial charge on any atom is -0.492 e. The van der Waals surface area contributed by atoms with Crippen molar-refractivity contribution < 1.29 is 4.74 Å². The van der Waals surface area contributed by atoms with E-state index in [0.29, 0.717) is 31.0 Å². The molecule has 0 bridgehead atoms. The summed E-state index contributed by atoms with van der Waals surface area (Å²) in [5.41, 5.74) is 7.65. The predicted molar refractivity (Wildman–Crippen MR) is 70.1 cm³/mol. The number of nitrogens with two attached hydrogens (primary N) is 1.